The number of hydrogen-bond donors (Lipinski definition) is 3. The van der Waals surface area contributed by atoms with Gasteiger partial charge in [0.1, 0.15) is 6.54 Å². The molecule has 1 aromatic heterocycles. The predicted octanol–water partition coefficient (Wildman–Crippen LogP) is 0.971. The molecule has 9 nitrogen and oxygen atoms in total. The third-order valence-electron chi connectivity index (χ3n) is 3.73. The van der Waals surface area contributed by atoms with Crippen LogP contribution in [0, 0.1) is 0 Å². The van der Waals surface area contributed by atoms with Crippen LogP contribution in [0.15, 0.2) is 29.6 Å². The number of thioether (sulfide) groups is 1. The molecule has 0 bridgehead atoms. The first kappa shape index (κ1) is 19.1. The van der Waals surface area contributed by atoms with Gasteiger partial charge in [-0.2, -0.15) is 0 Å². The van der Waals surface area contributed by atoms with E-state index in [-0.39, 0.29) is 37.5 Å². The Kier molecular flexibility index (Phi) is 6.20. The molecule has 0 unspecified atom stereocenters. The first-order valence-corrected chi connectivity index (χ1v) is 9.33. The molecule has 144 valence electrons. The Balaban J connectivity index is 1.60. The van der Waals surface area contributed by atoms with Crippen LogP contribution in [-0.4, -0.2) is 45.6 Å². The Labute approximate surface area is 160 Å². The Hall–Kier alpha value is -2.72. The van der Waals surface area contributed by atoms with Crippen LogP contribution in [0.1, 0.15) is 12.6 Å². The number of benzene rings is 1. The van der Waals surface area contributed by atoms with Gasteiger partial charge in [0.15, 0.2) is 16.7 Å². The van der Waals surface area contributed by atoms with Crippen LogP contribution in [0.2, 0.25) is 0 Å². The Morgan fingerprint density at radius 2 is 2.11 bits per heavy atom. The summed E-state index contributed by atoms with van der Waals surface area (Å²) in [4.78, 5) is 28.3. The molecule has 3 N–H and O–H groups in total. The number of aliphatic hydroxyl groups is 1. The van der Waals surface area contributed by atoms with Gasteiger partial charge in [-0.15, -0.1) is 0 Å². The Morgan fingerprint density at radius 1 is 1.30 bits per heavy atom. The number of aliphatic hydroxyl groups excluding tert-OH is 1. The number of imidazole rings is 1. The van der Waals surface area contributed by atoms with Gasteiger partial charge in [0.05, 0.1) is 24.3 Å². The molecule has 27 heavy (non-hydrogen) atoms. The fourth-order valence-electron chi connectivity index (χ4n) is 2.50. The second kappa shape index (κ2) is 8.78. The quantitative estimate of drug-likeness (QED) is 0.574. The first-order valence-electron chi connectivity index (χ1n) is 8.35. The Bertz CT molecular complexity index is 839. The third kappa shape index (κ3) is 4.72. The average molecular weight is 392 g/mol. The van der Waals surface area contributed by atoms with E-state index in [1.165, 1.54) is 18.0 Å². The number of ether oxygens (including phenoxy) is 2. The number of nitrogens with one attached hydrogen (secondary N) is 2. The smallest absolute Gasteiger partial charge is 0.240 e. The summed E-state index contributed by atoms with van der Waals surface area (Å²) in [5.74, 6) is 0.928. The van der Waals surface area contributed by atoms with Crippen molar-refractivity contribution in [2.45, 2.75) is 25.2 Å². The lowest BCUT2D eigenvalue weighted by atomic mass is 10.3. The molecule has 0 saturated heterocycles. The lowest BCUT2D eigenvalue weighted by molar-refractivity contribution is -0.121. The second-order valence-corrected chi connectivity index (χ2v) is 6.58. The molecule has 3 rings (SSSR count). The van der Waals surface area contributed by atoms with E-state index in [0.29, 0.717) is 34.6 Å². The number of rotatable bonds is 8. The number of aromatic nitrogens is 2. The third-order valence-corrected chi connectivity index (χ3v) is 4.72. The summed E-state index contributed by atoms with van der Waals surface area (Å²) in [5.41, 5.74) is 1.12. The SMILES string of the molecule is CCNC(=O)Cn1c(CO)cnc1SCC(=O)Nc1ccc2c(c1)OCO2. The number of hydrogen-bond acceptors (Lipinski definition) is 7. The number of carbonyl (C=O) groups is 2. The maximum Gasteiger partial charge on any atom is 0.240 e. The topological polar surface area (TPSA) is 115 Å². The summed E-state index contributed by atoms with van der Waals surface area (Å²) in [6, 6.07) is 5.17. The van der Waals surface area contributed by atoms with E-state index in [9.17, 15) is 14.7 Å². The molecule has 0 atom stereocenters. The lowest BCUT2D eigenvalue weighted by Gasteiger charge is -2.10. The van der Waals surface area contributed by atoms with E-state index in [1.807, 2.05) is 6.92 Å². The zero-order valence-electron chi connectivity index (χ0n) is 14.7. The molecule has 2 amide bonds. The van der Waals surface area contributed by atoms with Crippen molar-refractivity contribution in [2.24, 2.45) is 0 Å². The number of anilines is 1. The number of likely N-dealkylation sites (N-methyl/N-ethyl adjacent to an activating group) is 1. The molecule has 1 aliphatic rings. The van der Waals surface area contributed by atoms with Crippen molar-refractivity contribution in [3.8, 4) is 11.5 Å². The zero-order valence-corrected chi connectivity index (χ0v) is 15.5. The van der Waals surface area contributed by atoms with Crippen molar-refractivity contribution < 1.29 is 24.2 Å². The van der Waals surface area contributed by atoms with E-state index >= 15 is 0 Å². The van der Waals surface area contributed by atoms with Gasteiger partial charge in [-0.1, -0.05) is 11.8 Å². The summed E-state index contributed by atoms with van der Waals surface area (Å²) in [7, 11) is 0. The van der Waals surface area contributed by atoms with Gasteiger partial charge >= 0.3 is 0 Å². The van der Waals surface area contributed by atoms with Crippen LogP contribution < -0.4 is 20.1 Å². The maximum atomic E-state index is 12.2. The standard InChI is InChI=1S/C17H20N4O5S/c1-2-18-15(23)7-21-12(8-22)6-19-17(21)27-9-16(24)20-11-3-4-13-14(5-11)26-10-25-13/h3-6,22H,2,7-10H2,1H3,(H,18,23)(H,20,24). The molecule has 2 heterocycles. The highest BCUT2D eigenvalue weighted by atomic mass is 32.2. The highest BCUT2D eigenvalue weighted by Crippen LogP contribution is 2.34. The van der Waals surface area contributed by atoms with Gasteiger partial charge < -0.3 is 29.8 Å². The van der Waals surface area contributed by atoms with Crippen LogP contribution in [0.25, 0.3) is 0 Å². The number of nitrogens with zero attached hydrogens (tertiary/aromatic N) is 2. The van der Waals surface area contributed by atoms with Gasteiger partial charge in [0.2, 0.25) is 18.6 Å². The summed E-state index contributed by atoms with van der Waals surface area (Å²) in [6.07, 6.45) is 1.50. The van der Waals surface area contributed by atoms with Crippen LogP contribution in [0.4, 0.5) is 5.69 Å². The van der Waals surface area contributed by atoms with Crippen molar-refractivity contribution in [1.82, 2.24) is 14.9 Å². The van der Waals surface area contributed by atoms with Crippen molar-refractivity contribution in [1.29, 1.82) is 0 Å². The van der Waals surface area contributed by atoms with Crippen molar-refractivity contribution in [3.63, 3.8) is 0 Å². The molecular weight excluding hydrogens is 372 g/mol. The maximum absolute atomic E-state index is 12.2. The lowest BCUT2D eigenvalue weighted by Crippen LogP contribution is -2.28. The molecule has 0 radical (unpaired) electrons. The van der Waals surface area contributed by atoms with E-state index in [0.717, 1.165) is 0 Å². The van der Waals surface area contributed by atoms with E-state index in [1.54, 1.807) is 22.8 Å². The largest absolute Gasteiger partial charge is 0.454 e. The molecule has 0 fully saturated rings. The molecule has 1 aromatic carbocycles. The number of carbonyl (C=O) groups excluding carboxylic acids is 2. The number of fused-ring (bicyclic) bond motifs is 1. The minimum Gasteiger partial charge on any atom is -0.454 e. The van der Waals surface area contributed by atoms with Gasteiger partial charge in [-0.25, -0.2) is 4.98 Å². The fraction of sp³-hybridized carbons (Fsp3) is 0.353. The zero-order chi connectivity index (χ0) is 19.2. The van der Waals surface area contributed by atoms with Crippen molar-refractivity contribution in [3.05, 3.63) is 30.1 Å². The Morgan fingerprint density at radius 3 is 2.89 bits per heavy atom. The molecule has 0 aliphatic carbocycles. The summed E-state index contributed by atoms with van der Waals surface area (Å²) < 4.78 is 12.1. The predicted molar refractivity (Wildman–Crippen MR) is 98.8 cm³/mol. The van der Waals surface area contributed by atoms with Crippen LogP contribution in [0.5, 0.6) is 11.5 Å². The normalized spacial score (nSPS) is 12.1. The van der Waals surface area contributed by atoms with Crippen LogP contribution in [-0.2, 0) is 22.7 Å². The average Bonchev–Trinajstić information content (AvgIpc) is 3.26. The minimum absolute atomic E-state index is 0.0375. The van der Waals surface area contributed by atoms with Crippen molar-refractivity contribution >= 4 is 29.3 Å². The minimum atomic E-state index is -0.240. The monoisotopic (exact) mass is 392 g/mol. The molecule has 10 heteroatoms. The number of amides is 2. The van der Waals surface area contributed by atoms with Gasteiger partial charge in [-0.3, -0.25) is 9.59 Å². The van der Waals surface area contributed by atoms with Gasteiger partial charge in [0, 0.05) is 18.3 Å². The summed E-state index contributed by atoms with van der Waals surface area (Å²) in [5, 5.41) is 15.4. The summed E-state index contributed by atoms with van der Waals surface area (Å²) >= 11 is 1.19. The van der Waals surface area contributed by atoms with E-state index < -0.39 is 0 Å². The van der Waals surface area contributed by atoms with Crippen LogP contribution >= 0.6 is 11.8 Å². The molecule has 0 saturated carbocycles. The highest BCUT2D eigenvalue weighted by molar-refractivity contribution is 7.99. The van der Waals surface area contributed by atoms with Crippen LogP contribution in [0.3, 0.4) is 0 Å². The molecule has 1 aliphatic heterocycles. The van der Waals surface area contributed by atoms with Gasteiger partial charge in [0.25, 0.3) is 0 Å². The molecule has 0 spiro atoms. The molecule has 2 aromatic rings. The first-order chi connectivity index (χ1) is 13.1. The summed E-state index contributed by atoms with van der Waals surface area (Å²) in [6.45, 7) is 2.31. The van der Waals surface area contributed by atoms with E-state index in [4.69, 9.17) is 9.47 Å². The fourth-order valence-corrected chi connectivity index (χ4v) is 3.30. The second-order valence-electron chi connectivity index (χ2n) is 5.63. The highest BCUT2D eigenvalue weighted by Gasteiger charge is 2.16. The van der Waals surface area contributed by atoms with Crippen molar-refractivity contribution in [2.75, 3.05) is 24.4 Å². The van der Waals surface area contributed by atoms with Gasteiger partial charge in [-0.05, 0) is 19.1 Å². The van der Waals surface area contributed by atoms with E-state index in [2.05, 4.69) is 15.6 Å². The molecular formula is C17H20N4O5S.